The molecule has 0 unspecified atom stereocenters. The van der Waals surface area contributed by atoms with Crippen molar-refractivity contribution in [3.05, 3.63) is 61.9 Å². The zero-order valence-electron chi connectivity index (χ0n) is 11.2. The van der Waals surface area contributed by atoms with Crippen LogP contribution in [0.2, 0.25) is 0 Å². The van der Waals surface area contributed by atoms with Crippen LogP contribution in [-0.4, -0.2) is 9.55 Å². The van der Waals surface area contributed by atoms with Crippen molar-refractivity contribution < 1.29 is 0 Å². The number of nitrogens with one attached hydrogen (secondary N) is 1. The molecule has 0 aliphatic rings. The van der Waals surface area contributed by atoms with Gasteiger partial charge in [-0.15, -0.1) is 0 Å². The molecule has 20 heavy (non-hydrogen) atoms. The standard InChI is InChI=1S/C16H15IN2S/c1-11-4-2-3-5-12(11)8-9-19-15-7-6-13(17)10-14(15)18-16(19)20/h2-7,10H,8-9H2,1H3,(H,18,20). The second-order valence-electron chi connectivity index (χ2n) is 4.92. The molecule has 3 rings (SSSR count). The third-order valence-electron chi connectivity index (χ3n) is 3.60. The van der Waals surface area contributed by atoms with Crippen LogP contribution in [0.4, 0.5) is 0 Å². The van der Waals surface area contributed by atoms with Crippen molar-refractivity contribution in [3.63, 3.8) is 0 Å². The highest BCUT2D eigenvalue weighted by atomic mass is 127. The van der Waals surface area contributed by atoms with Gasteiger partial charge in [-0.2, -0.15) is 0 Å². The van der Waals surface area contributed by atoms with E-state index in [9.17, 15) is 0 Å². The topological polar surface area (TPSA) is 20.7 Å². The molecule has 0 saturated carbocycles. The zero-order chi connectivity index (χ0) is 14.1. The van der Waals surface area contributed by atoms with Crippen LogP contribution in [-0.2, 0) is 13.0 Å². The third kappa shape index (κ3) is 2.67. The Bertz CT molecular complexity index is 817. The largest absolute Gasteiger partial charge is 0.331 e. The molecule has 0 spiro atoms. The summed E-state index contributed by atoms with van der Waals surface area (Å²) in [6.45, 7) is 3.07. The third-order valence-corrected chi connectivity index (χ3v) is 4.60. The molecule has 1 aromatic heterocycles. The van der Waals surface area contributed by atoms with Crippen molar-refractivity contribution in [2.75, 3.05) is 0 Å². The van der Waals surface area contributed by atoms with Gasteiger partial charge in [0.2, 0.25) is 0 Å². The molecule has 0 aliphatic carbocycles. The summed E-state index contributed by atoms with van der Waals surface area (Å²) < 4.78 is 4.21. The van der Waals surface area contributed by atoms with Crippen molar-refractivity contribution >= 4 is 45.8 Å². The number of aromatic nitrogens is 2. The van der Waals surface area contributed by atoms with Gasteiger partial charge in [0.15, 0.2) is 4.77 Å². The van der Waals surface area contributed by atoms with E-state index in [0.29, 0.717) is 0 Å². The predicted molar refractivity (Wildman–Crippen MR) is 94.7 cm³/mol. The molecule has 0 fully saturated rings. The number of benzene rings is 2. The quantitative estimate of drug-likeness (QED) is 0.497. The number of hydrogen-bond acceptors (Lipinski definition) is 1. The summed E-state index contributed by atoms with van der Waals surface area (Å²) in [5, 5.41) is 0. The number of imidazole rings is 1. The summed E-state index contributed by atoms with van der Waals surface area (Å²) in [4.78, 5) is 3.29. The fraction of sp³-hybridized carbons (Fsp3) is 0.188. The first-order valence-electron chi connectivity index (χ1n) is 6.58. The maximum absolute atomic E-state index is 5.45. The van der Waals surface area contributed by atoms with E-state index in [4.69, 9.17) is 12.2 Å². The Morgan fingerprint density at radius 2 is 2.00 bits per heavy atom. The summed E-state index contributed by atoms with van der Waals surface area (Å²) in [5.41, 5.74) is 5.03. The number of fused-ring (bicyclic) bond motifs is 1. The lowest BCUT2D eigenvalue weighted by atomic mass is 10.1. The van der Waals surface area contributed by atoms with Gasteiger partial charge in [-0.25, -0.2) is 0 Å². The highest BCUT2D eigenvalue weighted by molar-refractivity contribution is 14.1. The van der Waals surface area contributed by atoms with Crippen LogP contribution in [0.15, 0.2) is 42.5 Å². The Labute approximate surface area is 137 Å². The molecule has 0 radical (unpaired) electrons. The smallest absolute Gasteiger partial charge is 0.178 e. The summed E-state index contributed by atoms with van der Waals surface area (Å²) in [5.74, 6) is 0. The molecule has 102 valence electrons. The monoisotopic (exact) mass is 394 g/mol. The molecule has 4 heteroatoms. The van der Waals surface area contributed by atoms with Crippen molar-refractivity contribution in [3.8, 4) is 0 Å². The van der Waals surface area contributed by atoms with Crippen molar-refractivity contribution in [2.24, 2.45) is 0 Å². The van der Waals surface area contributed by atoms with Gasteiger partial charge in [-0.05, 0) is 77.5 Å². The minimum atomic E-state index is 0.801. The summed E-state index contributed by atoms with van der Waals surface area (Å²) in [6.07, 6.45) is 1.000. The Hall–Kier alpha value is -1.14. The highest BCUT2D eigenvalue weighted by Gasteiger charge is 2.05. The van der Waals surface area contributed by atoms with Crippen LogP contribution in [0.3, 0.4) is 0 Å². The molecule has 0 atom stereocenters. The van der Waals surface area contributed by atoms with E-state index in [1.165, 1.54) is 20.2 Å². The number of nitrogens with zero attached hydrogens (tertiary/aromatic N) is 1. The Morgan fingerprint density at radius 3 is 2.80 bits per heavy atom. The van der Waals surface area contributed by atoms with Gasteiger partial charge in [0.1, 0.15) is 0 Å². The lowest BCUT2D eigenvalue weighted by molar-refractivity contribution is 0.704. The highest BCUT2D eigenvalue weighted by Crippen LogP contribution is 2.18. The van der Waals surface area contributed by atoms with E-state index >= 15 is 0 Å². The summed E-state index contributed by atoms with van der Waals surface area (Å²) >= 11 is 7.77. The summed E-state index contributed by atoms with van der Waals surface area (Å²) in [7, 11) is 0. The molecule has 1 heterocycles. The van der Waals surface area contributed by atoms with Crippen LogP contribution in [0.1, 0.15) is 11.1 Å². The first-order chi connectivity index (χ1) is 9.65. The number of aryl methyl sites for hydroxylation is 3. The number of rotatable bonds is 3. The molecule has 0 aliphatic heterocycles. The number of halogens is 1. The van der Waals surface area contributed by atoms with Gasteiger partial charge in [0.05, 0.1) is 11.0 Å². The fourth-order valence-electron chi connectivity index (χ4n) is 2.48. The Balaban J connectivity index is 1.94. The molecule has 2 nitrogen and oxygen atoms in total. The van der Waals surface area contributed by atoms with Crippen LogP contribution in [0.5, 0.6) is 0 Å². The minimum absolute atomic E-state index is 0.801. The van der Waals surface area contributed by atoms with E-state index in [2.05, 4.69) is 81.5 Å². The SMILES string of the molecule is Cc1ccccc1CCn1c(=S)[nH]c2cc(I)ccc21. The first kappa shape index (κ1) is 13.8. The Kier molecular flexibility index (Phi) is 3.94. The lowest BCUT2D eigenvalue weighted by Crippen LogP contribution is -2.02. The molecular weight excluding hydrogens is 379 g/mol. The number of aromatic amines is 1. The van der Waals surface area contributed by atoms with Gasteiger partial charge in [0, 0.05) is 10.1 Å². The second-order valence-corrected chi connectivity index (χ2v) is 6.55. The van der Waals surface area contributed by atoms with Gasteiger partial charge in [-0.1, -0.05) is 24.3 Å². The first-order valence-corrected chi connectivity index (χ1v) is 8.06. The van der Waals surface area contributed by atoms with Gasteiger partial charge < -0.3 is 9.55 Å². The van der Waals surface area contributed by atoms with Crippen molar-refractivity contribution in [1.29, 1.82) is 0 Å². The maximum Gasteiger partial charge on any atom is 0.178 e. The number of hydrogen-bond donors (Lipinski definition) is 1. The van der Waals surface area contributed by atoms with Gasteiger partial charge in [-0.3, -0.25) is 0 Å². The molecule has 0 amide bonds. The fourth-order valence-corrected chi connectivity index (χ4v) is 3.27. The normalized spacial score (nSPS) is 11.1. The summed E-state index contributed by atoms with van der Waals surface area (Å²) in [6, 6.07) is 14.9. The van der Waals surface area contributed by atoms with Crippen LogP contribution >= 0.6 is 34.8 Å². The molecule has 3 aromatic rings. The lowest BCUT2D eigenvalue weighted by Gasteiger charge is -2.07. The van der Waals surface area contributed by atoms with Crippen LogP contribution in [0.25, 0.3) is 11.0 Å². The molecule has 0 saturated heterocycles. The van der Waals surface area contributed by atoms with Crippen LogP contribution in [0, 0.1) is 15.3 Å². The number of H-pyrrole nitrogens is 1. The Morgan fingerprint density at radius 1 is 1.20 bits per heavy atom. The van der Waals surface area contributed by atoms with Crippen LogP contribution < -0.4 is 0 Å². The maximum atomic E-state index is 5.45. The van der Waals surface area contributed by atoms with Gasteiger partial charge in [0.25, 0.3) is 0 Å². The molecular formula is C16H15IN2S. The molecule has 0 bridgehead atoms. The van der Waals surface area contributed by atoms with E-state index in [-0.39, 0.29) is 0 Å². The van der Waals surface area contributed by atoms with Crippen molar-refractivity contribution in [2.45, 2.75) is 19.9 Å². The van der Waals surface area contributed by atoms with E-state index in [1.807, 2.05) is 0 Å². The second kappa shape index (κ2) is 5.69. The van der Waals surface area contributed by atoms with E-state index in [0.717, 1.165) is 23.3 Å². The molecule has 1 N–H and O–H groups in total. The van der Waals surface area contributed by atoms with E-state index in [1.54, 1.807) is 0 Å². The predicted octanol–water partition coefficient (Wildman–Crippen LogP) is 4.85. The minimum Gasteiger partial charge on any atom is -0.331 e. The zero-order valence-corrected chi connectivity index (χ0v) is 14.2. The molecule has 2 aromatic carbocycles. The average molecular weight is 394 g/mol. The van der Waals surface area contributed by atoms with Gasteiger partial charge >= 0.3 is 0 Å². The van der Waals surface area contributed by atoms with Crippen molar-refractivity contribution in [1.82, 2.24) is 9.55 Å². The van der Waals surface area contributed by atoms with E-state index < -0.39 is 0 Å². The average Bonchev–Trinajstić information content (AvgIpc) is 2.73.